The highest BCUT2D eigenvalue weighted by atomic mass is 19.1. The van der Waals surface area contributed by atoms with Crippen molar-refractivity contribution in [3.63, 3.8) is 0 Å². The predicted octanol–water partition coefficient (Wildman–Crippen LogP) is 4.82. The van der Waals surface area contributed by atoms with Gasteiger partial charge in [-0.15, -0.1) is 6.42 Å². The Labute approximate surface area is 239 Å². The molecular weight excluding hydrogens is 529 g/mol. The van der Waals surface area contributed by atoms with Crippen LogP contribution in [0, 0.1) is 29.8 Å². The van der Waals surface area contributed by atoms with Gasteiger partial charge in [0.05, 0.1) is 11.7 Å². The molecule has 4 atom stereocenters. The lowest BCUT2D eigenvalue weighted by Crippen LogP contribution is -2.50. The van der Waals surface area contributed by atoms with Crippen LogP contribution in [0.3, 0.4) is 0 Å². The third-order valence-electron chi connectivity index (χ3n) is 9.10. The third kappa shape index (κ3) is 6.38. The van der Waals surface area contributed by atoms with Gasteiger partial charge in [0.25, 0.3) is 0 Å². The molecule has 11 heteroatoms. The van der Waals surface area contributed by atoms with Gasteiger partial charge in [0, 0.05) is 12.8 Å². The second-order valence-electron chi connectivity index (χ2n) is 11.8. The number of hydrogen-bond acceptors (Lipinski definition) is 8. The van der Waals surface area contributed by atoms with Crippen molar-refractivity contribution in [2.75, 3.05) is 5.32 Å². The Balaban J connectivity index is 1.29. The first-order valence-electron chi connectivity index (χ1n) is 15.0. The highest BCUT2D eigenvalue weighted by molar-refractivity contribution is 5.96. The Bertz CT molecular complexity index is 1270. The topological polar surface area (TPSA) is 128 Å². The van der Waals surface area contributed by atoms with E-state index < -0.39 is 36.0 Å². The molecule has 6 rings (SSSR count). The van der Waals surface area contributed by atoms with Crippen LogP contribution < -0.4 is 5.32 Å². The van der Waals surface area contributed by atoms with E-state index in [1.54, 1.807) is 0 Å². The monoisotopic (exact) mass is 569 g/mol. The minimum Gasteiger partial charge on any atom is -0.459 e. The zero-order valence-electron chi connectivity index (χ0n) is 23.7. The SMILES string of the molecule is C#CC1O[C@@H](n2cnc3c(NC(=O)CCCCCCCC)nc(F)nc32)C[C@H](OC(=O)C23CCC(CC2)CC3)C1O. The third-order valence-corrected chi connectivity index (χ3v) is 9.10. The molecule has 1 amide bonds. The molecule has 2 aromatic heterocycles. The maximum Gasteiger partial charge on any atom is 0.312 e. The molecule has 1 saturated heterocycles. The fourth-order valence-electron chi connectivity index (χ4n) is 6.54. The number of aromatic nitrogens is 4. The molecule has 3 saturated carbocycles. The lowest BCUT2D eigenvalue weighted by atomic mass is 9.61. The molecule has 10 nitrogen and oxygen atoms in total. The lowest BCUT2D eigenvalue weighted by molar-refractivity contribution is -0.204. The van der Waals surface area contributed by atoms with E-state index in [2.05, 4.69) is 33.1 Å². The molecule has 2 N–H and O–H groups in total. The molecule has 3 aliphatic carbocycles. The first-order chi connectivity index (χ1) is 19.8. The summed E-state index contributed by atoms with van der Waals surface area (Å²) in [5.41, 5.74) is -0.214. The van der Waals surface area contributed by atoms with Gasteiger partial charge < -0.3 is 19.9 Å². The van der Waals surface area contributed by atoms with Crippen LogP contribution in [0.5, 0.6) is 0 Å². The number of hydrogen-bond donors (Lipinski definition) is 2. The van der Waals surface area contributed by atoms with Crippen LogP contribution in [-0.2, 0) is 19.1 Å². The summed E-state index contributed by atoms with van der Waals surface area (Å²) < 4.78 is 27.9. The number of imidazole rings is 1. The number of nitrogens with zero attached hydrogens (tertiary/aromatic N) is 4. The number of aliphatic hydroxyl groups excluding tert-OH is 1. The van der Waals surface area contributed by atoms with Crippen LogP contribution in [0.2, 0.25) is 0 Å². The lowest BCUT2D eigenvalue weighted by Gasteiger charge is -2.46. The van der Waals surface area contributed by atoms with Gasteiger partial charge in [-0.2, -0.15) is 14.4 Å². The van der Waals surface area contributed by atoms with Gasteiger partial charge >= 0.3 is 12.0 Å². The number of amides is 1. The van der Waals surface area contributed by atoms with Gasteiger partial charge in [-0.1, -0.05) is 44.9 Å². The van der Waals surface area contributed by atoms with Crippen LogP contribution in [0.25, 0.3) is 11.2 Å². The normalized spacial score (nSPS) is 29.3. The maximum atomic E-state index is 14.5. The van der Waals surface area contributed by atoms with E-state index in [0.29, 0.717) is 12.3 Å². The number of carbonyl (C=O) groups excluding carboxylic acids is 2. The summed E-state index contributed by atoms with van der Waals surface area (Å²) in [5.74, 6) is 2.52. The zero-order chi connectivity index (χ0) is 29.0. The molecule has 4 fully saturated rings. The standard InChI is InChI=1S/C30H40FN5O5/c1-3-5-6-7-8-9-10-22(37)33-26-24-27(35-29(31)34-26)36(18-32-24)23-17-21(25(38)20(4-2)40-23)41-28(39)30-14-11-19(12-15-30)13-16-30/h2,18-21,23,25,38H,3,5-17H2,1H3,(H,33,34,35,37)/t19?,20?,21-,23+,25?,30?/m0/s1. The molecule has 1 aliphatic heterocycles. The number of rotatable bonds is 11. The Kier molecular flexibility index (Phi) is 9.19. The second-order valence-corrected chi connectivity index (χ2v) is 11.8. The average Bonchev–Trinajstić information content (AvgIpc) is 3.41. The number of nitrogens with one attached hydrogen (secondary N) is 1. The molecule has 2 bridgehead atoms. The van der Waals surface area contributed by atoms with E-state index in [0.717, 1.165) is 70.6 Å². The summed E-state index contributed by atoms with van der Waals surface area (Å²) in [4.78, 5) is 37.9. The van der Waals surface area contributed by atoms with Crippen molar-refractivity contribution in [3.05, 3.63) is 12.4 Å². The van der Waals surface area contributed by atoms with Crippen molar-refractivity contribution in [2.45, 2.75) is 121 Å². The molecule has 0 spiro atoms. The van der Waals surface area contributed by atoms with Gasteiger partial charge in [-0.3, -0.25) is 14.2 Å². The molecule has 2 unspecified atom stereocenters. The second kappa shape index (κ2) is 12.8. The summed E-state index contributed by atoms with van der Waals surface area (Å²) >= 11 is 0. The number of fused-ring (bicyclic) bond motifs is 4. The summed E-state index contributed by atoms with van der Waals surface area (Å²) in [6, 6.07) is 0. The van der Waals surface area contributed by atoms with E-state index in [1.165, 1.54) is 17.3 Å². The van der Waals surface area contributed by atoms with Crippen molar-refractivity contribution in [2.24, 2.45) is 11.3 Å². The largest absolute Gasteiger partial charge is 0.459 e. The summed E-state index contributed by atoms with van der Waals surface area (Å²) in [5, 5.41) is 13.6. The smallest absolute Gasteiger partial charge is 0.312 e. The number of esters is 1. The zero-order valence-corrected chi connectivity index (χ0v) is 23.7. The number of carbonyl (C=O) groups is 2. The molecule has 222 valence electrons. The number of unbranched alkanes of at least 4 members (excludes halogenated alkanes) is 5. The van der Waals surface area contributed by atoms with Gasteiger partial charge in [0.15, 0.2) is 17.0 Å². The van der Waals surface area contributed by atoms with E-state index >= 15 is 0 Å². The average molecular weight is 570 g/mol. The van der Waals surface area contributed by atoms with Gasteiger partial charge in [-0.05, 0) is 50.9 Å². The van der Waals surface area contributed by atoms with Crippen molar-refractivity contribution in [1.29, 1.82) is 0 Å². The fourth-order valence-corrected chi connectivity index (χ4v) is 6.54. The summed E-state index contributed by atoms with van der Waals surface area (Å²) in [6.07, 6.45) is 14.0. The first-order valence-corrected chi connectivity index (χ1v) is 15.0. The van der Waals surface area contributed by atoms with E-state index in [1.807, 2.05) is 0 Å². The number of halogens is 1. The van der Waals surface area contributed by atoms with Crippen LogP contribution >= 0.6 is 0 Å². The molecule has 41 heavy (non-hydrogen) atoms. The van der Waals surface area contributed by atoms with Crippen molar-refractivity contribution < 1.29 is 28.6 Å². The Morgan fingerprint density at radius 1 is 1.20 bits per heavy atom. The Hall–Kier alpha value is -3.10. The Morgan fingerprint density at radius 2 is 1.90 bits per heavy atom. The molecular formula is C30H40FN5O5. The van der Waals surface area contributed by atoms with Crippen LogP contribution in [0.1, 0.15) is 103 Å². The highest BCUT2D eigenvalue weighted by Crippen LogP contribution is 2.51. The molecule has 0 aromatic carbocycles. The van der Waals surface area contributed by atoms with Crippen LogP contribution in [0.4, 0.5) is 10.2 Å². The number of aliphatic hydroxyl groups is 1. The van der Waals surface area contributed by atoms with E-state index in [9.17, 15) is 19.1 Å². The van der Waals surface area contributed by atoms with Gasteiger partial charge in [0.2, 0.25) is 5.91 Å². The van der Waals surface area contributed by atoms with Gasteiger partial charge in [0.1, 0.15) is 24.5 Å². The number of ether oxygens (including phenoxy) is 2. The van der Waals surface area contributed by atoms with Gasteiger partial charge in [-0.25, -0.2) is 4.98 Å². The molecule has 3 heterocycles. The quantitative estimate of drug-likeness (QED) is 0.171. The Morgan fingerprint density at radius 3 is 2.61 bits per heavy atom. The fraction of sp³-hybridized carbons (Fsp3) is 0.700. The van der Waals surface area contributed by atoms with E-state index in [4.69, 9.17) is 15.9 Å². The van der Waals surface area contributed by atoms with Crippen molar-refractivity contribution in [3.8, 4) is 12.3 Å². The van der Waals surface area contributed by atoms with Crippen LogP contribution in [-0.4, -0.2) is 54.8 Å². The number of anilines is 1. The first kappa shape index (κ1) is 29.4. The maximum absolute atomic E-state index is 14.5. The van der Waals surface area contributed by atoms with E-state index in [-0.39, 0.29) is 35.3 Å². The highest BCUT2D eigenvalue weighted by Gasteiger charge is 2.49. The number of terminal acetylenes is 1. The predicted molar refractivity (Wildman–Crippen MR) is 149 cm³/mol. The molecule has 2 aromatic rings. The minimum atomic E-state index is -1.21. The van der Waals surface area contributed by atoms with Crippen LogP contribution in [0.15, 0.2) is 6.33 Å². The minimum absolute atomic E-state index is 0.0263. The van der Waals surface area contributed by atoms with Crippen molar-refractivity contribution >= 4 is 28.9 Å². The van der Waals surface area contributed by atoms with Crippen molar-refractivity contribution in [1.82, 2.24) is 19.5 Å². The summed E-state index contributed by atoms with van der Waals surface area (Å²) in [7, 11) is 0. The molecule has 0 radical (unpaired) electrons. The molecule has 4 aliphatic rings. The summed E-state index contributed by atoms with van der Waals surface area (Å²) in [6.45, 7) is 2.15.